The number of aromatic nitrogens is 3. The largest absolute Gasteiger partial charge is 0.480 e. The Morgan fingerprint density at radius 3 is 1.52 bits per heavy atom. The molecule has 15 heteroatoms. The molecule has 268 valence electrons. The first-order chi connectivity index (χ1) is 24.9. The van der Waals surface area contributed by atoms with E-state index in [0.29, 0.717) is 57.6 Å². The van der Waals surface area contributed by atoms with Crippen molar-refractivity contribution in [2.24, 2.45) is 0 Å². The number of nitrogens with two attached hydrogens (primary N) is 1. The van der Waals surface area contributed by atoms with Crippen LogP contribution in [-0.2, 0) is 45.1 Å². The van der Waals surface area contributed by atoms with Crippen LogP contribution in [0.1, 0.15) is 22.7 Å². The van der Waals surface area contributed by atoms with E-state index < -0.39 is 50.1 Å². The van der Waals surface area contributed by atoms with E-state index in [4.69, 9.17) is 15.1 Å². The van der Waals surface area contributed by atoms with E-state index in [9.17, 15) is 39.6 Å². The number of carboxylic acid groups (broad SMARTS) is 4. The van der Waals surface area contributed by atoms with Crippen molar-refractivity contribution in [3.8, 4) is 34.1 Å². The molecular weight excluding hydrogens is 672 g/mol. The molecule has 1 aromatic carbocycles. The number of pyridine rings is 3. The maximum Gasteiger partial charge on any atom is 0.317 e. The topological polar surface area (TPSA) is 234 Å². The Labute approximate surface area is 297 Å². The second-order valence-electron chi connectivity index (χ2n) is 12.0. The molecule has 0 aliphatic heterocycles. The number of hydrogen-bond acceptors (Lipinski definition) is 11. The number of aliphatic carboxylic acids is 4. The normalized spacial score (nSPS) is 11.2. The molecule has 0 fully saturated rings. The summed E-state index contributed by atoms with van der Waals surface area (Å²) < 4.78 is 6.27. The second kappa shape index (κ2) is 17.0. The monoisotopic (exact) mass is 708 g/mol. The van der Waals surface area contributed by atoms with Crippen molar-refractivity contribution in [1.29, 1.82) is 0 Å². The van der Waals surface area contributed by atoms with Crippen LogP contribution in [0.3, 0.4) is 0 Å². The number of carboxylic acids is 4. The summed E-state index contributed by atoms with van der Waals surface area (Å²) >= 11 is 0. The molecule has 52 heavy (non-hydrogen) atoms. The van der Waals surface area contributed by atoms with E-state index in [0.717, 1.165) is 17.7 Å². The van der Waals surface area contributed by atoms with Crippen molar-refractivity contribution >= 4 is 29.6 Å². The van der Waals surface area contributed by atoms with Gasteiger partial charge >= 0.3 is 23.9 Å². The summed E-state index contributed by atoms with van der Waals surface area (Å²) in [6.45, 7) is -2.05. The molecule has 0 spiro atoms. The Kier molecular flexibility index (Phi) is 12.0. The van der Waals surface area contributed by atoms with Crippen molar-refractivity contribution in [3.05, 3.63) is 108 Å². The van der Waals surface area contributed by atoms with Crippen LogP contribution < -0.4 is 5.73 Å². The number of anilines is 1. The van der Waals surface area contributed by atoms with E-state index in [1.165, 1.54) is 9.80 Å². The molecular formula is C37H36N6O9. The highest BCUT2D eigenvalue weighted by atomic mass is 16.4. The zero-order chi connectivity index (χ0) is 37.2. The molecule has 5 aromatic rings. The Morgan fingerprint density at radius 1 is 0.577 bits per heavy atom. The van der Waals surface area contributed by atoms with Crippen molar-refractivity contribution in [1.82, 2.24) is 24.8 Å². The minimum atomic E-state index is -1.17. The van der Waals surface area contributed by atoms with E-state index in [1.807, 2.05) is 36.4 Å². The summed E-state index contributed by atoms with van der Waals surface area (Å²) in [6.07, 6.45) is 1.36. The standard InChI is InChI=1S/C37H36N6O9/c38-25-10-7-23(8-11-25)9-12-28-13-14-33(52-28)24-15-31(29-5-1-3-26(39-29)17-42(19-34(44)45)20-35(46)47)41-32(16-24)30-6-2-4-27(40-30)18-43(21-36(48)49)22-37(50)51/h1-8,10-11,13-16H,9,12,17-22,38H2,(H,44,45)(H,46,47)(H,48,49)(H,50,51). The summed E-state index contributed by atoms with van der Waals surface area (Å²) in [5, 5.41) is 37.2. The molecule has 15 nitrogen and oxygen atoms in total. The van der Waals surface area contributed by atoms with Crippen molar-refractivity contribution in [2.75, 3.05) is 31.9 Å². The number of hydrogen-bond donors (Lipinski definition) is 5. The smallest absolute Gasteiger partial charge is 0.317 e. The molecule has 6 N–H and O–H groups in total. The van der Waals surface area contributed by atoms with Crippen LogP contribution in [-0.4, -0.2) is 95.2 Å². The van der Waals surface area contributed by atoms with Crippen molar-refractivity contribution in [2.45, 2.75) is 25.9 Å². The second-order valence-corrected chi connectivity index (χ2v) is 12.0. The first-order valence-electron chi connectivity index (χ1n) is 16.1. The number of aryl methyl sites for hydroxylation is 2. The molecule has 4 aromatic heterocycles. The lowest BCUT2D eigenvalue weighted by Gasteiger charge is -2.18. The van der Waals surface area contributed by atoms with E-state index in [1.54, 1.807) is 48.5 Å². The molecule has 0 bridgehead atoms. The van der Waals surface area contributed by atoms with Crippen LogP contribution in [0.15, 0.2) is 89.3 Å². The predicted octanol–water partition coefficient (Wildman–Crippen LogP) is 3.78. The third-order valence-electron chi connectivity index (χ3n) is 7.76. The number of nitrogen functional groups attached to an aromatic ring is 1. The quantitative estimate of drug-likeness (QED) is 0.0815. The number of rotatable bonds is 18. The lowest BCUT2D eigenvalue weighted by molar-refractivity contribution is -0.144. The van der Waals surface area contributed by atoms with Gasteiger partial charge in [0, 0.05) is 30.8 Å². The van der Waals surface area contributed by atoms with Crippen LogP contribution in [0, 0.1) is 0 Å². The van der Waals surface area contributed by atoms with Gasteiger partial charge in [0.15, 0.2) is 0 Å². The van der Waals surface area contributed by atoms with Crippen LogP contribution in [0.5, 0.6) is 0 Å². The minimum Gasteiger partial charge on any atom is -0.480 e. The van der Waals surface area contributed by atoms with E-state index in [-0.39, 0.29) is 13.1 Å². The van der Waals surface area contributed by atoms with Crippen LogP contribution >= 0.6 is 0 Å². The van der Waals surface area contributed by atoms with Gasteiger partial charge in [-0.05, 0) is 72.6 Å². The van der Waals surface area contributed by atoms with Gasteiger partial charge in [0.25, 0.3) is 0 Å². The highest BCUT2D eigenvalue weighted by molar-refractivity contribution is 5.74. The Balaban J connectivity index is 1.51. The van der Waals surface area contributed by atoms with Gasteiger partial charge in [0.1, 0.15) is 11.5 Å². The first kappa shape index (κ1) is 36.8. The average molecular weight is 709 g/mol. The Hall–Kier alpha value is -6.45. The summed E-state index contributed by atoms with van der Waals surface area (Å²) in [6, 6.07) is 25.1. The zero-order valence-electron chi connectivity index (χ0n) is 27.9. The molecule has 0 saturated carbocycles. The Morgan fingerprint density at radius 2 is 1.06 bits per heavy atom. The fourth-order valence-electron chi connectivity index (χ4n) is 5.53. The van der Waals surface area contributed by atoms with Crippen LogP contribution in [0.25, 0.3) is 34.1 Å². The van der Waals surface area contributed by atoms with Gasteiger partial charge in [0.05, 0.1) is 60.3 Å². The maximum atomic E-state index is 11.4. The fourth-order valence-corrected chi connectivity index (χ4v) is 5.53. The van der Waals surface area contributed by atoms with Gasteiger partial charge in [-0.15, -0.1) is 0 Å². The highest BCUT2D eigenvalue weighted by Gasteiger charge is 2.19. The molecule has 4 heterocycles. The molecule has 0 aliphatic carbocycles. The van der Waals surface area contributed by atoms with E-state index >= 15 is 0 Å². The van der Waals surface area contributed by atoms with Crippen molar-refractivity contribution in [3.63, 3.8) is 0 Å². The number of benzene rings is 1. The average Bonchev–Trinajstić information content (AvgIpc) is 3.56. The molecule has 0 saturated heterocycles. The molecule has 0 amide bonds. The van der Waals surface area contributed by atoms with Gasteiger partial charge in [-0.3, -0.25) is 29.0 Å². The maximum absolute atomic E-state index is 11.4. The summed E-state index contributed by atoms with van der Waals surface area (Å²) in [4.78, 5) is 62.2. The van der Waals surface area contributed by atoms with E-state index in [2.05, 4.69) is 9.97 Å². The third-order valence-corrected chi connectivity index (χ3v) is 7.76. The molecule has 5 rings (SSSR count). The zero-order valence-corrected chi connectivity index (χ0v) is 27.9. The molecule has 0 aliphatic rings. The van der Waals surface area contributed by atoms with Gasteiger partial charge in [-0.2, -0.15) is 0 Å². The fraction of sp³-hybridized carbons (Fsp3) is 0.216. The molecule has 0 atom stereocenters. The van der Waals surface area contributed by atoms with Gasteiger partial charge in [-0.1, -0.05) is 24.3 Å². The summed E-state index contributed by atoms with van der Waals surface area (Å²) in [5.74, 6) is -3.40. The van der Waals surface area contributed by atoms with Crippen molar-refractivity contribution < 1.29 is 44.0 Å². The third kappa shape index (κ3) is 10.8. The predicted molar refractivity (Wildman–Crippen MR) is 188 cm³/mol. The Bertz CT molecular complexity index is 1930. The van der Waals surface area contributed by atoms with Gasteiger partial charge < -0.3 is 30.6 Å². The van der Waals surface area contributed by atoms with Crippen LogP contribution in [0.4, 0.5) is 5.69 Å². The van der Waals surface area contributed by atoms with Gasteiger partial charge in [-0.25, -0.2) is 15.0 Å². The lowest BCUT2D eigenvalue weighted by Crippen LogP contribution is -2.34. The van der Waals surface area contributed by atoms with Gasteiger partial charge in [0.2, 0.25) is 0 Å². The SMILES string of the molecule is Nc1ccc(CCc2ccc(-c3cc(-c4cccc(CN(CC(=O)O)CC(=O)O)n4)nc(-c4cccc(CN(CC(=O)O)CC(=O)O)n4)c3)o2)cc1. The van der Waals surface area contributed by atoms with Crippen LogP contribution in [0.2, 0.25) is 0 Å². The molecule has 0 radical (unpaired) electrons. The molecule has 0 unspecified atom stereocenters. The minimum absolute atomic E-state index is 0.0404. The lowest BCUT2D eigenvalue weighted by atomic mass is 10.1. The number of nitrogens with zero attached hydrogens (tertiary/aromatic N) is 5. The highest BCUT2D eigenvalue weighted by Crippen LogP contribution is 2.31. The summed E-state index contributed by atoms with van der Waals surface area (Å²) in [7, 11) is 0. The first-order valence-corrected chi connectivity index (χ1v) is 16.1. The summed E-state index contributed by atoms with van der Waals surface area (Å²) in [5.41, 5.74) is 10.8. The number of carbonyl (C=O) groups is 4. The number of furan rings is 1.